The van der Waals surface area contributed by atoms with Crippen molar-refractivity contribution < 1.29 is 14.7 Å². The zero-order valence-corrected chi connectivity index (χ0v) is 13.1. The third-order valence-corrected chi connectivity index (χ3v) is 4.54. The Balaban J connectivity index is 2.81. The molecule has 0 bridgehead atoms. The first-order valence-electron chi connectivity index (χ1n) is 7.73. The molecule has 5 heteroatoms. The van der Waals surface area contributed by atoms with Crippen LogP contribution in [0.3, 0.4) is 0 Å². The van der Waals surface area contributed by atoms with E-state index < -0.39 is 12.0 Å². The first-order valence-corrected chi connectivity index (χ1v) is 7.73. The molecule has 0 spiro atoms. The largest absolute Gasteiger partial charge is 0.480 e. The molecule has 1 fully saturated rings. The molecule has 1 aliphatic rings. The van der Waals surface area contributed by atoms with Gasteiger partial charge in [0.05, 0.1) is 6.04 Å². The number of carboxylic acids is 1. The zero-order valence-electron chi connectivity index (χ0n) is 13.1. The van der Waals surface area contributed by atoms with Gasteiger partial charge in [0.1, 0.15) is 6.04 Å². The lowest BCUT2D eigenvalue weighted by Gasteiger charge is -2.41. The van der Waals surface area contributed by atoms with Crippen LogP contribution in [-0.4, -0.2) is 58.5 Å². The quantitative estimate of drug-likeness (QED) is 0.808. The Bertz CT molecular complexity index is 342. The molecule has 0 aromatic heterocycles. The zero-order chi connectivity index (χ0) is 15.3. The minimum absolute atomic E-state index is 0.0381. The van der Waals surface area contributed by atoms with Crippen LogP contribution in [0.2, 0.25) is 0 Å². The molecule has 0 saturated carbocycles. The third kappa shape index (κ3) is 3.72. The van der Waals surface area contributed by atoms with Gasteiger partial charge in [0.15, 0.2) is 0 Å². The minimum atomic E-state index is -0.803. The second-order valence-electron chi connectivity index (χ2n) is 5.58. The SMILES string of the molecule is CCC1CCN(C(C)C(=O)N(CC)CC)C(C(=O)O)C1. The summed E-state index contributed by atoms with van der Waals surface area (Å²) in [5.41, 5.74) is 0. The van der Waals surface area contributed by atoms with E-state index in [1.54, 1.807) is 4.90 Å². The molecule has 1 rings (SSSR count). The van der Waals surface area contributed by atoms with E-state index in [9.17, 15) is 14.7 Å². The van der Waals surface area contributed by atoms with Gasteiger partial charge in [0.25, 0.3) is 0 Å². The molecule has 116 valence electrons. The van der Waals surface area contributed by atoms with E-state index >= 15 is 0 Å². The van der Waals surface area contributed by atoms with Crippen molar-refractivity contribution >= 4 is 11.9 Å². The summed E-state index contributed by atoms with van der Waals surface area (Å²) in [4.78, 5) is 27.6. The fraction of sp³-hybridized carbons (Fsp3) is 0.867. The van der Waals surface area contributed by atoms with Crippen molar-refractivity contribution in [3.05, 3.63) is 0 Å². The summed E-state index contributed by atoms with van der Waals surface area (Å²) in [6, 6.07) is -0.878. The van der Waals surface area contributed by atoms with Gasteiger partial charge in [-0.15, -0.1) is 0 Å². The van der Waals surface area contributed by atoms with Crippen LogP contribution in [-0.2, 0) is 9.59 Å². The summed E-state index contributed by atoms with van der Waals surface area (Å²) in [6.45, 7) is 9.88. The number of hydrogen-bond acceptors (Lipinski definition) is 3. The maximum absolute atomic E-state index is 12.4. The average Bonchev–Trinajstić information content (AvgIpc) is 2.46. The minimum Gasteiger partial charge on any atom is -0.480 e. The monoisotopic (exact) mass is 284 g/mol. The van der Waals surface area contributed by atoms with Crippen LogP contribution in [0.1, 0.15) is 47.0 Å². The highest BCUT2D eigenvalue weighted by Crippen LogP contribution is 2.27. The fourth-order valence-electron chi connectivity index (χ4n) is 3.07. The summed E-state index contributed by atoms with van der Waals surface area (Å²) in [5.74, 6) is -0.304. The molecule has 3 unspecified atom stereocenters. The standard InChI is InChI=1S/C15H28N2O3/c1-5-12-8-9-17(13(10-12)15(19)20)11(4)14(18)16(6-2)7-3/h11-13H,5-10H2,1-4H3,(H,19,20). The molecule has 0 aromatic rings. The van der Waals surface area contributed by atoms with Gasteiger partial charge < -0.3 is 10.0 Å². The van der Waals surface area contributed by atoms with Crippen molar-refractivity contribution in [1.29, 1.82) is 0 Å². The van der Waals surface area contributed by atoms with Crippen molar-refractivity contribution in [3.63, 3.8) is 0 Å². The second-order valence-corrected chi connectivity index (χ2v) is 5.58. The van der Waals surface area contributed by atoms with Crippen LogP contribution < -0.4 is 0 Å². The van der Waals surface area contributed by atoms with Crippen LogP contribution >= 0.6 is 0 Å². The van der Waals surface area contributed by atoms with Crippen molar-refractivity contribution in [2.24, 2.45) is 5.92 Å². The predicted molar refractivity (Wildman–Crippen MR) is 78.5 cm³/mol. The van der Waals surface area contributed by atoms with E-state index in [0.29, 0.717) is 32.0 Å². The van der Waals surface area contributed by atoms with Gasteiger partial charge in [-0.25, -0.2) is 0 Å². The molecule has 20 heavy (non-hydrogen) atoms. The van der Waals surface area contributed by atoms with Crippen molar-refractivity contribution in [3.8, 4) is 0 Å². The molecule has 5 nitrogen and oxygen atoms in total. The summed E-state index contributed by atoms with van der Waals surface area (Å²) in [7, 11) is 0. The molecule has 0 aromatic carbocycles. The number of aliphatic carboxylic acids is 1. The normalized spacial score (nSPS) is 25.2. The van der Waals surface area contributed by atoms with E-state index in [4.69, 9.17) is 0 Å². The van der Waals surface area contributed by atoms with Crippen LogP contribution in [0.25, 0.3) is 0 Å². The number of amides is 1. The van der Waals surface area contributed by atoms with E-state index in [1.807, 2.05) is 25.7 Å². The highest BCUT2D eigenvalue weighted by atomic mass is 16.4. The van der Waals surface area contributed by atoms with Gasteiger partial charge in [0, 0.05) is 19.6 Å². The van der Waals surface area contributed by atoms with Crippen LogP contribution in [0.5, 0.6) is 0 Å². The molecular weight excluding hydrogens is 256 g/mol. The van der Waals surface area contributed by atoms with E-state index in [-0.39, 0.29) is 11.9 Å². The van der Waals surface area contributed by atoms with E-state index in [1.165, 1.54) is 0 Å². The Morgan fingerprint density at radius 1 is 1.30 bits per heavy atom. The lowest BCUT2D eigenvalue weighted by Crippen LogP contribution is -2.56. The Kier molecular flexibility index (Phi) is 6.46. The second kappa shape index (κ2) is 7.62. The number of likely N-dealkylation sites (tertiary alicyclic amines) is 1. The van der Waals surface area contributed by atoms with Crippen LogP contribution in [0.4, 0.5) is 0 Å². The van der Waals surface area contributed by atoms with Gasteiger partial charge in [-0.05, 0) is 39.5 Å². The summed E-state index contributed by atoms with van der Waals surface area (Å²) in [5, 5.41) is 9.44. The first kappa shape index (κ1) is 17.0. The number of piperidine rings is 1. The van der Waals surface area contributed by atoms with Gasteiger partial charge >= 0.3 is 5.97 Å². The Morgan fingerprint density at radius 3 is 2.35 bits per heavy atom. The van der Waals surface area contributed by atoms with Crippen LogP contribution in [0.15, 0.2) is 0 Å². The molecule has 1 saturated heterocycles. The Labute approximate surface area is 121 Å². The van der Waals surface area contributed by atoms with Gasteiger partial charge in [-0.2, -0.15) is 0 Å². The maximum Gasteiger partial charge on any atom is 0.320 e. The van der Waals surface area contributed by atoms with Gasteiger partial charge in [-0.1, -0.05) is 13.3 Å². The number of likely N-dealkylation sites (N-methyl/N-ethyl adjacent to an activating group) is 1. The summed E-state index contributed by atoms with van der Waals surface area (Å²) in [6.07, 6.45) is 2.65. The number of carboxylic acid groups (broad SMARTS) is 1. The van der Waals surface area contributed by atoms with Crippen molar-refractivity contribution in [2.45, 2.75) is 59.0 Å². The summed E-state index contributed by atoms with van der Waals surface area (Å²) >= 11 is 0. The molecule has 3 atom stereocenters. The molecule has 1 amide bonds. The molecular formula is C15H28N2O3. The van der Waals surface area contributed by atoms with Crippen molar-refractivity contribution in [2.75, 3.05) is 19.6 Å². The average molecular weight is 284 g/mol. The lowest BCUT2D eigenvalue weighted by molar-refractivity contribution is -0.150. The topological polar surface area (TPSA) is 60.9 Å². The maximum atomic E-state index is 12.4. The fourth-order valence-corrected chi connectivity index (χ4v) is 3.07. The number of nitrogens with zero attached hydrogens (tertiary/aromatic N) is 2. The van der Waals surface area contributed by atoms with Gasteiger partial charge in [-0.3, -0.25) is 14.5 Å². The van der Waals surface area contributed by atoms with Gasteiger partial charge in [0.2, 0.25) is 5.91 Å². The van der Waals surface area contributed by atoms with E-state index in [0.717, 1.165) is 12.8 Å². The number of carbonyl (C=O) groups excluding carboxylic acids is 1. The highest BCUT2D eigenvalue weighted by molar-refractivity contribution is 5.83. The summed E-state index contributed by atoms with van der Waals surface area (Å²) < 4.78 is 0. The molecule has 0 aliphatic carbocycles. The lowest BCUT2D eigenvalue weighted by atomic mass is 9.88. The molecule has 1 aliphatic heterocycles. The van der Waals surface area contributed by atoms with Crippen LogP contribution in [0, 0.1) is 5.92 Å². The van der Waals surface area contributed by atoms with Crippen molar-refractivity contribution in [1.82, 2.24) is 9.80 Å². The molecule has 1 heterocycles. The Hall–Kier alpha value is -1.10. The van der Waals surface area contributed by atoms with E-state index in [2.05, 4.69) is 6.92 Å². The number of carbonyl (C=O) groups is 2. The predicted octanol–water partition coefficient (Wildman–Crippen LogP) is 1.82. The smallest absolute Gasteiger partial charge is 0.320 e. The molecule has 1 N–H and O–H groups in total. The number of hydrogen-bond donors (Lipinski definition) is 1. The first-order chi connectivity index (χ1) is 9.46. The number of rotatable bonds is 6. The highest BCUT2D eigenvalue weighted by Gasteiger charge is 2.38. The molecule has 0 radical (unpaired) electrons. The Morgan fingerprint density at radius 2 is 1.90 bits per heavy atom. The third-order valence-electron chi connectivity index (χ3n) is 4.54.